The van der Waals surface area contributed by atoms with Crippen molar-refractivity contribution < 1.29 is 13.2 Å². The molecule has 10 aromatic carbocycles. The van der Waals surface area contributed by atoms with Crippen LogP contribution in [0.4, 0.5) is 13.2 Å². The number of hydrogen-bond acceptors (Lipinski definition) is 1. The summed E-state index contributed by atoms with van der Waals surface area (Å²) in [4.78, 5) is 0. The molecule has 0 aliphatic carbocycles. The van der Waals surface area contributed by atoms with E-state index in [2.05, 4.69) is 146 Å². The Hall–Kier alpha value is -9.32. The maximum atomic E-state index is 15.1. The Morgan fingerprint density at radius 3 is 1.06 bits per heavy atom. The first kappa shape index (κ1) is 40.7. The molecule has 0 atom stereocenters. The number of fused-ring (bicyclic) bond motifs is 12. The van der Waals surface area contributed by atoms with Crippen LogP contribution in [0.5, 0.6) is 0 Å². The van der Waals surface area contributed by atoms with Gasteiger partial charge in [-0.3, -0.25) is 0 Å². The van der Waals surface area contributed by atoms with Crippen molar-refractivity contribution in [3.63, 3.8) is 0 Å². The molecule has 5 nitrogen and oxygen atoms in total. The van der Waals surface area contributed by atoms with Gasteiger partial charge >= 0.3 is 6.18 Å². The number of benzene rings is 10. The number of alkyl halides is 3. The molecule has 14 rings (SSSR count). The smallest absolute Gasteiger partial charge is 0.309 e. The van der Waals surface area contributed by atoms with E-state index in [1.807, 2.05) is 78.9 Å². The van der Waals surface area contributed by atoms with Crippen molar-refractivity contribution in [2.24, 2.45) is 0 Å². The normalized spacial score (nSPS) is 12.2. The monoisotopic (exact) mass is 921 g/mol. The van der Waals surface area contributed by atoms with Gasteiger partial charge in [0, 0.05) is 60.0 Å². The second-order valence-corrected chi connectivity index (χ2v) is 18.4. The minimum Gasteiger partial charge on any atom is -0.309 e. The zero-order chi connectivity index (χ0) is 47.7. The Kier molecular flexibility index (Phi) is 8.65. The lowest BCUT2D eigenvalue weighted by Crippen LogP contribution is -2.08. The van der Waals surface area contributed by atoms with Gasteiger partial charge in [0.1, 0.15) is 0 Å². The van der Waals surface area contributed by atoms with E-state index in [4.69, 9.17) is 0 Å². The van der Waals surface area contributed by atoms with Crippen LogP contribution in [0.1, 0.15) is 16.7 Å². The van der Waals surface area contributed by atoms with E-state index in [1.165, 1.54) is 12.1 Å². The Morgan fingerprint density at radius 1 is 0.366 bits per heavy atom. The number of nitriles is 1. The highest BCUT2D eigenvalue weighted by atomic mass is 19.4. The first-order valence-corrected chi connectivity index (χ1v) is 23.6. The molecule has 8 heteroatoms. The van der Waals surface area contributed by atoms with Gasteiger partial charge in [-0.05, 0) is 103 Å². The molecule has 0 amide bonds. The zero-order valence-corrected chi connectivity index (χ0v) is 38.1. The molecule has 0 fully saturated rings. The highest BCUT2D eigenvalue weighted by Crippen LogP contribution is 2.46. The van der Waals surface area contributed by atoms with Crippen molar-refractivity contribution in [2.45, 2.75) is 13.1 Å². The summed E-state index contributed by atoms with van der Waals surface area (Å²) in [7, 11) is 0. The lowest BCUT2D eigenvalue weighted by Gasteiger charge is -2.22. The summed E-state index contributed by atoms with van der Waals surface area (Å²) in [5.74, 6) is 0. The molecule has 0 saturated carbocycles. The molecule has 14 aromatic rings. The third-order valence-corrected chi connectivity index (χ3v) is 14.4. The molecule has 0 unspecified atom stereocenters. The molecular weight excluding hydrogens is 884 g/mol. The van der Waals surface area contributed by atoms with E-state index in [0.717, 1.165) is 98.6 Å². The molecule has 0 saturated heterocycles. The van der Waals surface area contributed by atoms with Crippen LogP contribution in [0.3, 0.4) is 0 Å². The molecule has 71 heavy (non-hydrogen) atoms. The van der Waals surface area contributed by atoms with Crippen molar-refractivity contribution in [1.29, 1.82) is 5.26 Å². The standard InChI is InChI=1S/C63H38F3N5/c1-38-30-40(34-41(31-38)63(64,65)66)62-60(70-56-24-12-6-18-48(56)50-28-26-42(35-58(50)70)68-52-20-8-2-14-44(52)45-15-3-9-21-53(45)68)32-39(37-67)33-61(62)71-57-25-13-7-19-49(57)51-29-27-43(36-59(51)71)69-54-22-10-4-16-46(54)47-17-5-11-23-55(47)69/h2-36H,1H3. The van der Waals surface area contributed by atoms with Crippen LogP contribution < -0.4 is 0 Å². The number of aryl methyl sites for hydroxylation is 1. The van der Waals surface area contributed by atoms with E-state index in [0.29, 0.717) is 33.6 Å². The van der Waals surface area contributed by atoms with Crippen LogP contribution in [0.15, 0.2) is 212 Å². The number of para-hydroxylation sites is 6. The summed E-state index contributed by atoms with van der Waals surface area (Å²) in [5.41, 5.74) is 11.6. The second-order valence-electron chi connectivity index (χ2n) is 18.4. The largest absolute Gasteiger partial charge is 0.416 e. The van der Waals surface area contributed by atoms with E-state index >= 15 is 13.2 Å². The Bertz CT molecular complexity index is 4250. The van der Waals surface area contributed by atoms with E-state index in [-0.39, 0.29) is 0 Å². The number of halogens is 3. The highest BCUT2D eigenvalue weighted by molar-refractivity contribution is 6.15. The molecule has 0 bridgehead atoms. The summed E-state index contributed by atoms with van der Waals surface area (Å²) < 4.78 is 54.2. The van der Waals surface area contributed by atoms with Crippen LogP contribution in [-0.4, -0.2) is 18.3 Å². The van der Waals surface area contributed by atoms with Crippen LogP contribution in [0, 0.1) is 18.3 Å². The van der Waals surface area contributed by atoms with Gasteiger partial charge in [0.15, 0.2) is 0 Å². The Balaban J connectivity index is 1.13. The van der Waals surface area contributed by atoms with Crippen molar-refractivity contribution in [3.05, 3.63) is 229 Å². The van der Waals surface area contributed by atoms with Gasteiger partial charge in [-0.1, -0.05) is 127 Å². The Labute approximate surface area is 404 Å². The lowest BCUT2D eigenvalue weighted by atomic mass is 9.95. The number of hydrogen-bond donors (Lipinski definition) is 0. The molecule has 0 N–H and O–H groups in total. The van der Waals surface area contributed by atoms with Crippen LogP contribution >= 0.6 is 0 Å². The van der Waals surface area contributed by atoms with Crippen molar-refractivity contribution in [1.82, 2.24) is 18.3 Å². The van der Waals surface area contributed by atoms with E-state index < -0.39 is 11.7 Å². The van der Waals surface area contributed by atoms with Gasteiger partial charge in [-0.25, -0.2) is 0 Å². The fourth-order valence-electron chi connectivity index (χ4n) is 11.5. The molecule has 0 radical (unpaired) electrons. The van der Waals surface area contributed by atoms with Gasteiger partial charge in [0.2, 0.25) is 0 Å². The summed E-state index contributed by atoms with van der Waals surface area (Å²) >= 11 is 0. The maximum absolute atomic E-state index is 15.1. The minimum atomic E-state index is -4.62. The van der Waals surface area contributed by atoms with Crippen LogP contribution in [0.25, 0.3) is 121 Å². The number of nitrogens with zero attached hydrogens (tertiary/aromatic N) is 5. The number of rotatable bonds is 5. The highest BCUT2D eigenvalue weighted by Gasteiger charge is 2.32. The van der Waals surface area contributed by atoms with Gasteiger partial charge < -0.3 is 18.3 Å². The molecule has 0 aliphatic heterocycles. The summed E-state index contributed by atoms with van der Waals surface area (Å²) in [6, 6.07) is 73.1. The number of aromatic nitrogens is 4. The first-order valence-electron chi connectivity index (χ1n) is 23.6. The van der Waals surface area contributed by atoms with Gasteiger partial charge in [-0.2, -0.15) is 18.4 Å². The van der Waals surface area contributed by atoms with Gasteiger partial charge in [-0.15, -0.1) is 0 Å². The summed E-state index contributed by atoms with van der Waals surface area (Å²) in [5, 5.41) is 19.5. The maximum Gasteiger partial charge on any atom is 0.416 e. The van der Waals surface area contributed by atoms with Crippen molar-refractivity contribution >= 4 is 87.2 Å². The summed E-state index contributed by atoms with van der Waals surface area (Å²) in [6.07, 6.45) is -4.62. The van der Waals surface area contributed by atoms with E-state index in [9.17, 15) is 5.26 Å². The SMILES string of the molecule is Cc1cc(-c2c(-n3c4ccccc4c4ccc(-n5c6ccccc6c6ccccc65)cc43)cc(C#N)cc2-n2c3ccccc3c3ccc(-n4c5ccccc5c5ccccc54)cc32)cc(C(F)(F)F)c1. The zero-order valence-electron chi connectivity index (χ0n) is 38.1. The molecule has 0 spiro atoms. The molecule has 4 aromatic heterocycles. The predicted octanol–water partition coefficient (Wildman–Crippen LogP) is 16.9. The first-order chi connectivity index (χ1) is 34.7. The molecular formula is C63H38F3N5. The Morgan fingerprint density at radius 2 is 0.704 bits per heavy atom. The third-order valence-electron chi connectivity index (χ3n) is 14.4. The molecule has 336 valence electrons. The summed E-state index contributed by atoms with van der Waals surface area (Å²) in [6.45, 7) is 1.71. The lowest BCUT2D eigenvalue weighted by molar-refractivity contribution is -0.137. The van der Waals surface area contributed by atoms with Crippen LogP contribution in [0.2, 0.25) is 0 Å². The minimum absolute atomic E-state index is 0.358. The average molecular weight is 922 g/mol. The topological polar surface area (TPSA) is 43.5 Å². The average Bonchev–Trinajstić information content (AvgIpc) is 4.12. The predicted molar refractivity (Wildman–Crippen MR) is 284 cm³/mol. The molecule has 0 aliphatic rings. The van der Waals surface area contributed by atoms with E-state index in [1.54, 1.807) is 6.92 Å². The fraction of sp³-hybridized carbons (Fsp3) is 0.0317. The van der Waals surface area contributed by atoms with Crippen molar-refractivity contribution in [3.8, 4) is 39.9 Å². The quantitative estimate of drug-likeness (QED) is 0.170. The second kappa shape index (κ2) is 15.1. The fourth-order valence-corrected chi connectivity index (χ4v) is 11.5. The molecule has 4 heterocycles. The van der Waals surface area contributed by atoms with Gasteiger partial charge in [0.05, 0.1) is 72.7 Å². The van der Waals surface area contributed by atoms with Crippen LogP contribution in [-0.2, 0) is 6.18 Å². The van der Waals surface area contributed by atoms with Gasteiger partial charge in [0.25, 0.3) is 0 Å². The third kappa shape index (κ3) is 6.00. The van der Waals surface area contributed by atoms with Crippen molar-refractivity contribution in [2.75, 3.05) is 0 Å².